The van der Waals surface area contributed by atoms with E-state index in [4.69, 9.17) is 9.31 Å². The molecule has 0 bridgehead atoms. The summed E-state index contributed by atoms with van der Waals surface area (Å²) in [6, 6.07) is 1.64. The molecule has 0 saturated carbocycles. The van der Waals surface area contributed by atoms with E-state index >= 15 is 0 Å². The minimum atomic E-state index is -5.93. The summed E-state index contributed by atoms with van der Waals surface area (Å²) in [5.74, 6) is -12.9. The summed E-state index contributed by atoms with van der Waals surface area (Å²) < 4.78 is 253. The van der Waals surface area contributed by atoms with Gasteiger partial charge in [-0.05, 0) is 43.6 Å². The Labute approximate surface area is 398 Å². The molecule has 0 aromatic carbocycles. The highest BCUT2D eigenvalue weighted by atomic mass is 79.9. The van der Waals surface area contributed by atoms with Gasteiger partial charge >= 0.3 is 43.7 Å². The molecule has 72 heavy (non-hydrogen) atoms. The predicted molar refractivity (Wildman–Crippen MR) is 215 cm³/mol. The lowest BCUT2D eigenvalue weighted by atomic mass is 9.82. The summed E-state index contributed by atoms with van der Waals surface area (Å²) in [6.07, 6.45) is -17.2. The van der Waals surface area contributed by atoms with Crippen molar-refractivity contribution < 1.29 is 97.8 Å². The van der Waals surface area contributed by atoms with Crippen LogP contribution in [-0.4, -0.2) is 95.1 Å². The van der Waals surface area contributed by atoms with Gasteiger partial charge in [0.1, 0.15) is 28.9 Å². The van der Waals surface area contributed by atoms with Gasteiger partial charge in [-0.2, -0.15) is 80.4 Å². The van der Waals surface area contributed by atoms with Crippen LogP contribution in [0.5, 0.6) is 11.5 Å². The molecule has 6 aromatic rings. The minimum Gasteiger partial charge on any atom is -0.493 e. The number of rotatable bonds is 8. The minimum absolute atomic E-state index is 0.0336. The summed E-state index contributed by atoms with van der Waals surface area (Å²) in [6.45, 7) is 3.58. The maximum atomic E-state index is 13.9. The molecule has 0 N–H and O–H groups in total. The van der Waals surface area contributed by atoms with Gasteiger partial charge in [0.15, 0.2) is 34.5 Å². The van der Waals surface area contributed by atoms with Crippen LogP contribution in [0.25, 0.3) is 22.4 Å². The van der Waals surface area contributed by atoms with Gasteiger partial charge in [0.2, 0.25) is 0 Å². The Morgan fingerprint density at radius 3 is 1.43 bits per heavy atom. The number of alkyl halides is 16. The monoisotopic (exact) mass is 1130 g/mol. The lowest BCUT2D eigenvalue weighted by Crippen LogP contribution is -2.41. The van der Waals surface area contributed by atoms with Gasteiger partial charge in [0, 0.05) is 41.7 Å². The van der Waals surface area contributed by atoms with Crippen molar-refractivity contribution in [2.24, 2.45) is 0 Å². The number of pyridine rings is 2. The van der Waals surface area contributed by atoms with E-state index in [0.29, 0.717) is 38.3 Å². The molecule has 0 amide bonds. The van der Waals surface area contributed by atoms with E-state index in [2.05, 4.69) is 45.6 Å². The lowest BCUT2D eigenvalue weighted by molar-refractivity contribution is -0.287. The van der Waals surface area contributed by atoms with Gasteiger partial charge in [-0.15, -0.1) is 0 Å². The van der Waals surface area contributed by atoms with Gasteiger partial charge in [-0.1, -0.05) is 0 Å². The van der Waals surface area contributed by atoms with Crippen LogP contribution in [0.15, 0.2) is 63.4 Å². The summed E-state index contributed by atoms with van der Waals surface area (Å²) in [7, 11) is 1.31. The zero-order chi connectivity index (χ0) is 54.7. The highest BCUT2D eigenvalue weighted by Gasteiger charge is 2.59. The van der Waals surface area contributed by atoms with Crippen molar-refractivity contribution in [2.75, 3.05) is 14.2 Å². The molecule has 1 saturated heterocycles. The number of methoxy groups -OCH3 is 2. The molecular weight excluding hydrogens is 1100 g/mol. The van der Waals surface area contributed by atoms with Crippen LogP contribution in [0.1, 0.15) is 39.1 Å². The first kappa shape index (κ1) is 56.9. The van der Waals surface area contributed by atoms with Crippen molar-refractivity contribution in [2.45, 2.75) is 88.5 Å². The summed E-state index contributed by atoms with van der Waals surface area (Å²) in [4.78, 5) is 31.0. The fourth-order valence-electron chi connectivity index (χ4n) is 5.96. The van der Waals surface area contributed by atoms with Crippen molar-refractivity contribution in [3.8, 4) is 22.6 Å². The number of nitrogens with zero attached hydrogens (tertiary/aromatic N) is 8. The second-order valence-electron chi connectivity index (χ2n) is 15.9. The number of ether oxygens (including phenoxy) is 2. The molecule has 34 heteroatoms. The van der Waals surface area contributed by atoms with Crippen molar-refractivity contribution in [1.29, 1.82) is 0 Å². The summed E-state index contributed by atoms with van der Waals surface area (Å²) in [5, 5.41) is 6.71. The van der Waals surface area contributed by atoms with Crippen molar-refractivity contribution in [1.82, 2.24) is 38.3 Å². The largest absolute Gasteiger partial charge is 0.498 e. The molecule has 7 heterocycles. The van der Waals surface area contributed by atoms with E-state index in [9.17, 15) is 88.6 Å². The second kappa shape index (κ2) is 19.4. The SMILES string of the molecule is CC1(C)OB(c2cnn(CC(F)(F)C(F)(F)F)c2)OC1(C)C.COc1cc2nc(C(F)(F)F)c(-c3cnn(CC(F)(F)C(F)(F)F)c3)c(=O)n2cc1F.COc1cc2nc(C(F)(F)F)c(Br)c(=O)n2cc1F. The Morgan fingerprint density at radius 1 is 0.611 bits per heavy atom. The zero-order valence-electron chi connectivity index (χ0n) is 36.8. The molecule has 394 valence electrons. The molecule has 0 spiro atoms. The molecule has 6 aromatic heterocycles. The fourth-order valence-corrected chi connectivity index (χ4v) is 6.46. The Hall–Kier alpha value is -6.06. The van der Waals surface area contributed by atoms with Gasteiger partial charge < -0.3 is 18.8 Å². The Balaban J connectivity index is 0.000000208. The second-order valence-corrected chi connectivity index (χ2v) is 16.7. The van der Waals surface area contributed by atoms with Crippen LogP contribution >= 0.6 is 15.9 Å². The molecule has 0 unspecified atom stereocenters. The standard InChI is InChI=1S/C16H9F9N4O2.C12H16BF5N2O2.C10H5BrF4N2O2/c1-31-9-2-10-27-12(15(20,21)22)11(13(30)29(10)5-8(9)17)7-3-26-28(4-7)6-14(18,19)16(23,24)25;1-9(2)10(3,4)22-13(21-9)8-5-19-20(6-8)7-11(14,15)12(16,17)18;1-19-5-2-6-16-8(10(13,14)15)7(11)9(18)17(6)3-4(5)12/h2-5H,6H2,1H3;5-6H,7H2,1-4H3;2-3H,1H3. The first-order valence-electron chi connectivity index (χ1n) is 19.4. The van der Waals surface area contributed by atoms with Gasteiger partial charge in [-0.3, -0.25) is 27.8 Å². The maximum Gasteiger partial charge on any atom is 0.498 e. The first-order chi connectivity index (χ1) is 32.7. The van der Waals surface area contributed by atoms with Crippen LogP contribution < -0.4 is 26.1 Å². The van der Waals surface area contributed by atoms with Gasteiger partial charge in [0.05, 0.1) is 49.6 Å². The van der Waals surface area contributed by atoms with E-state index in [1.165, 1.54) is 0 Å². The van der Waals surface area contributed by atoms with Crippen LogP contribution in [0.3, 0.4) is 0 Å². The lowest BCUT2D eigenvalue weighted by Gasteiger charge is -2.32. The maximum absolute atomic E-state index is 13.9. The topological polar surface area (TPSA) is 141 Å². The molecule has 0 atom stereocenters. The van der Waals surface area contributed by atoms with E-state index in [1.54, 1.807) is 27.7 Å². The van der Waals surface area contributed by atoms with E-state index in [-0.39, 0.29) is 21.5 Å². The van der Waals surface area contributed by atoms with Crippen molar-refractivity contribution in [3.05, 3.63) is 97.5 Å². The van der Waals surface area contributed by atoms with E-state index in [0.717, 1.165) is 38.7 Å². The first-order valence-corrected chi connectivity index (χ1v) is 20.1. The van der Waals surface area contributed by atoms with Gasteiger partial charge in [0.25, 0.3) is 11.1 Å². The number of halogens is 19. The Bertz CT molecular complexity index is 3080. The third kappa shape index (κ3) is 11.7. The average molecular weight is 1130 g/mol. The van der Waals surface area contributed by atoms with Crippen LogP contribution in [-0.2, 0) is 34.8 Å². The third-order valence-corrected chi connectivity index (χ3v) is 11.0. The normalized spacial score (nSPS) is 15.3. The quantitative estimate of drug-likeness (QED) is 0.107. The van der Waals surface area contributed by atoms with Crippen LogP contribution in [0.2, 0.25) is 0 Å². The third-order valence-electron chi connectivity index (χ3n) is 10.3. The summed E-state index contributed by atoms with van der Waals surface area (Å²) in [5.41, 5.74) is -9.61. The highest BCUT2D eigenvalue weighted by molar-refractivity contribution is 9.10. The fraction of sp³-hybridized carbons (Fsp3) is 0.421. The number of fused-ring (bicyclic) bond motifs is 2. The molecule has 0 aliphatic carbocycles. The van der Waals surface area contributed by atoms with Crippen LogP contribution in [0.4, 0.5) is 79.0 Å². The number of hydrogen-bond acceptors (Lipinski definition) is 10. The van der Waals surface area contributed by atoms with E-state index in [1.807, 2.05) is 0 Å². The zero-order valence-corrected chi connectivity index (χ0v) is 38.4. The van der Waals surface area contributed by atoms with Crippen LogP contribution in [0, 0.1) is 11.6 Å². The predicted octanol–water partition coefficient (Wildman–Crippen LogP) is 8.93. The molecular formula is C38H30BBrF18N8O6. The highest BCUT2D eigenvalue weighted by Crippen LogP contribution is 2.40. The van der Waals surface area contributed by atoms with Crippen molar-refractivity contribution >= 4 is 39.8 Å². The molecule has 1 aliphatic heterocycles. The molecule has 14 nitrogen and oxygen atoms in total. The Morgan fingerprint density at radius 2 is 1.01 bits per heavy atom. The number of hydrogen-bond donors (Lipinski definition) is 0. The van der Waals surface area contributed by atoms with E-state index < -0.39 is 129 Å². The molecule has 0 radical (unpaired) electrons. The Kier molecular flexibility index (Phi) is 15.3. The molecule has 1 fully saturated rings. The van der Waals surface area contributed by atoms with Gasteiger partial charge in [-0.25, -0.2) is 18.7 Å². The number of aromatic nitrogens is 8. The summed E-state index contributed by atoms with van der Waals surface area (Å²) >= 11 is 2.53. The molecule has 7 rings (SSSR count). The molecule has 1 aliphatic rings. The smallest absolute Gasteiger partial charge is 0.493 e. The van der Waals surface area contributed by atoms with Crippen molar-refractivity contribution in [3.63, 3.8) is 0 Å². The average Bonchev–Trinajstić information content (AvgIpc) is 3.94.